The highest BCUT2D eigenvalue weighted by atomic mass is 79.9. The van der Waals surface area contributed by atoms with Gasteiger partial charge < -0.3 is 10.1 Å². The summed E-state index contributed by atoms with van der Waals surface area (Å²) in [7, 11) is -4.02. The summed E-state index contributed by atoms with van der Waals surface area (Å²) >= 11 is 9.10. The Labute approximate surface area is 166 Å². The molecule has 1 aliphatic rings. The molecular weight excluding hydrogens is 444 g/mol. The van der Waals surface area contributed by atoms with E-state index in [1.807, 2.05) is 13.0 Å². The van der Waals surface area contributed by atoms with E-state index in [2.05, 4.69) is 26.2 Å². The molecule has 2 N–H and O–H groups in total. The van der Waals surface area contributed by atoms with E-state index in [4.69, 9.17) is 20.9 Å². The number of rotatable bonds is 4. The molecule has 1 aromatic heterocycles. The van der Waals surface area contributed by atoms with Gasteiger partial charge in [-0.25, -0.2) is 4.98 Å². The largest absolute Gasteiger partial charge is 0.492 e. The molecule has 3 rings (SSSR count). The van der Waals surface area contributed by atoms with Crippen LogP contribution in [0, 0.1) is 12.8 Å². The molecule has 1 aromatic carbocycles. The van der Waals surface area contributed by atoms with Crippen molar-refractivity contribution in [3.05, 3.63) is 51.7 Å². The molecule has 0 spiro atoms. The van der Waals surface area contributed by atoms with E-state index in [9.17, 15) is 8.42 Å². The van der Waals surface area contributed by atoms with E-state index in [0.29, 0.717) is 11.1 Å². The highest BCUT2D eigenvalue weighted by Crippen LogP contribution is 2.24. The van der Waals surface area contributed by atoms with Crippen molar-refractivity contribution in [3.63, 3.8) is 0 Å². The summed E-state index contributed by atoms with van der Waals surface area (Å²) in [6, 6.07) is 7.83. The molecule has 2 aromatic rings. The minimum Gasteiger partial charge on any atom is -0.492 e. The average molecular weight is 464 g/mol. The number of hydrogen-bond donors (Lipinski definition) is 2. The number of hydrogen-bond acceptors (Lipinski definition) is 5. The first-order valence-corrected chi connectivity index (χ1v) is 10.6. The van der Waals surface area contributed by atoms with Crippen molar-refractivity contribution >= 4 is 37.6 Å². The number of pyridine rings is 1. The molecule has 2 heterocycles. The summed E-state index contributed by atoms with van der Waals surface area (Å²) in [6.07, 6.45) is 2.83. The molecule has 0 saturated carbocycles. The Balaban J connectivity index is 0.000000197. The Morgan fingerprint density at radius 2 is 2.08 bits per heavy atom. The van der Waals surface area contributed by atoms with Gasteiger partial charge in [-0.3, -0.25) is 4.55 Å². The predicted octanol–water partition coefficient (Wildman–Crippen LogP) is 3.73. The van der Waals surface area contributed by atoms with E-state index in [1.165, 1.54) is 18.6 Å². The molecule has 1 saturated heterocycles. The lowest BCUT2D eigenvalue weighted by atomic mass is 10.1. The van der Waals surface area contributed by atoms with Gasteiger partial charge in [-0.05, 0) is 54.0 Å². The first kappa shape index (κ1) is 21.1. The normalized spacial score (nSPS) is 16.7. The highest BCUT2D eigenvalue weighted by molar-refractivity contribution is 9.10. The number of halogens is 2. The van der Waals surface area contributed by atoms with Gasteiger partial charge in [0, 0.05) is 12.5 Å². The lowest BCUT2D eigenvalue weighted by Crippen LogP contribution is -2.15. The molecular formula is C17H20BrClN2O4S. The standard InChI is InChI=1S/C10H12BrClN2O.C7H8O3S/c11-9-3-8(5-14-10(9)12)15-6-7-1-2-13-4-7;1-6-2-4-7(5-3-6)11(8,9)10/h3,5,7,13H,1-2,4,6H2;2-5H,1H3,(H,8,9,10)/t7-;/m0./s1. The molecule has 0 unspecified atom stereocenters. The molecule has 1 fully saturated rings. The monoisotopic (exact) mass is 462 g/mol. The molecule has 0 amide bonds. The zero-order valence-electron chi connectivity index (χ0n) is 14.2. The Hall–Kier alpha value is -1.19. The zero-order valence-corrected chi connectivity index (χ0v) is 17.3. The maximum atomic E-state index is 10.5. The van der Waals surface area contributed by atoms with Crippen molar-refractivity contribution in [2.24, 2.45) is 5.92 Å². The van der Waals surface area contributed by atoms with Gasteiger partial charge in [0.2, 0.25) is 0 Å². The van der Waals surface area contributed by atoms with Crippen molar-refractivity contribution in [3.8, 4) is 5.75 Å². The van der Waals surface area contributed by atoms with Crippen LogP contribution in [0.4, 0.5) is 0 Å². The maximum Gasteiger partial charge on any atom is 0.294 e. The molecule has 0 radical (unpaired) electrons. The second kappa shape index (κ2) is 9.66. The first-order valence-electron chi connectivity index (χ1n) is 7.94. The van der Waals surface area contributed by atoms with Crippen LogP contribution in [0.15, 0.2) is 45.9 Å². The maximum absolute atomic E-state index is 10.5. The number of nitrogens with zero attached hydrogens (tertiary/aromatic N) is 1. The van der Waals surface area contributed by atoms with Gasteiger partial charge in [-0.1, -0.05) is 29.3 Å². The Morgan fingerprint density at radius 1 is 1.38 bits per heavy atom. The molecule has 6 nitrogen and oxygen atoms in total. The van der Waals surface area contributed by atoms with Gasteiger partial charge >= 0.3 is 0 Å². The first-order chi connectivity index (χ1) is 12.3. The number of benzene rings is 1. The van der Waals surface area contributed by atoms with Gasteiger partial charge in [0.25, 0.3) is 10.1 Å². The lowest BCUT2D eigenvalue weighted by molar-refractivity contribution is 0.259. The summed E-state index contributed by atoms with van der Waals surface area (Å²) in [5, 5.41) is 3.77. The Bertz CT molecular complexity index is 825. The van der Waals surface area contributed by atoms with Crippen molar-refractivity contribution in [2.45, 2.75) is 18.2 Å². The lowest BCUT2D eigenvalue weighted by Gasteiger charge is -2.10. The number of aryl methyl sites for hydroxylation is 1. The van der Waals surface area contributed by atoms with Crippen LogP contribution in [0.2, 0.25) is 5.15 Å². The summed E-state index contributed by atoms with van der Waals surface area (Å²) in [5.74, 6) is 1.37. The van der Waals surface area contributed by atoms with Crippen molar-refractivity contribution in [2.75, 3.05) is 19.7 Å². The van der Waals surface area contributed by atoms with Crippen LogP contribution in [0.5, 0.6) is 5.75 Å². The summed E-state index contributed by atoms with van der Waals surface area (Å²) in [5.41, 5.74) is 0.956. The third-order valence-corrected chi connectivity index (χ3v) is 5.74. The van der Waals surface area contributed by atoms with Gasteiger partial charge in [-0.2, -0.15) is 8.42 Å². The van der Waals surface area contributed by atoms with Crippen LogP contribution in [0.1, 0.15) is 12.0 Å². The van der Waals surface area contributed by atoms with E-state index in [1.54, 1.807) is 18.3 Å². The quantitative estimate of drug-likeness (QED) is 0.530. The van der Waals surface area contributed by atoms with Gasteiger partial charge in [0.05, 0.1) is 22.2 Å². The fourth-order valence-electron chi connectivity index (χ4n) is 2.26. The number of ether oxygens (including phenoxy) is 1. The van der Waals surface area contributed by atoms with Crippen LogP contribution < -0.4 is 10.1 Å². The van der Waals surface area contributed by atoms with Crippen molar-refractivity contribution in [1.82, 2.24) is 10.3 Å². The Kier molecular flexibility index (Phi) is 7.85. The summed E-state index contributed by atoms with van der Waals surface area (Å²) in [4.78, 5) is 3.94. The minimum absolute atomic E-state index is 0.0666. The minimum atomic E-state index is -4.02. The second-order valence-electron chi connectivity index (χ2n) is 5.90. The fourth-order valence-corrected chi connectivity index (χ4v) is 3.17. The number of nitrogens with one attached hydrogen (secondary N) is 1. The van der Waals surface area contributed by atoms with Crippen molar-refractivity contribution in [1.29, 1.82) is 0 Å². The topological polar surface area (TPSA) is 88.5 Å². The zero-order chi connectivity index (χ0) is 19.2. The van der Waals surface area contributed by atoms with E-state index in [-0.39, 0.29) is 4.90 Å². The third-order valence-electron chi connectivity index (χ3n) is 3.74. The summed E-state index contributed by atoms with van der Waals surface area (Å²) in [6.45, 7) is 4.72. The van der Waals surface area contributed by atoms with E-state index < -0.39 is 10.1 Å². The molecule has 0 aliphatic carbocycles. The van der Waals surface area contributed by atoms with Crippen LogP contribution in [0.3, 0.4) is 0 Å². The molecule has 9 heteroatoms. The highest BCUT2D eigenvalue weighted by Gasteiger charge is 2.15. The predicted molar refractivity (Wildman–Crippen MR) is 104 cm³/mol. The van der Waals surface area contributed by atoms with Crippen molar-refractivity contribution < 1.29 is 17.7 Å². The molecule has 142 valence electrons. The van der Waals surface area contributed by atoms with Gasteiger partial charge in [0.1, 0.15) is 10.9 Å². The van der Waals surface area contributed by atoms with Crippen LogP contribution >= 0.6 is 27.5 Å². The fraction of sp³-hybridized carbons (Fsp3) is 0.353. The van der Waals surface area contributed by atoms with Crippen LogP contribution in [-0.2, 0) is 10.1 Å². The molecule has 26 heavy (non-hydrogen) atoms. The second-order valence-corrected chi connectivity index (χ2v) is 8.54. The average Bonchev–Trinajstić information content (AvgIpc) is 3.10. The van der Waals surface area contributed by atoms with Crippen LogP contribution in [0.25, 0.3) is 0 Å². The van der Waals surface area contributed by atoms with E-state index >= 15 is 0 Å². The van der Waals surface area contributed by atoms with Gasteiger partial charge in [-0.15, -0.1) is 0 Å². The molecule has 1 atom stereocenters. The number of aromatic nitrogens is 1. The third kappa shape index (κ3) is 6.85. The van der Waals surface area contributed by atoms with E-state index in [0.717, 1.165) is 35.5 Å². The molecule has 0 bridgehead atoms. The van der Waals surface area contributed by atoms with Crippen LogP contribution in [-0.4, -0.2) is 37.7 Å². The van der Waals surface area contributed by atoms with Gasteiger partial charge in [0.15, 0.2) is 0 Å². The summed E-state index contributed by atoms with van der Waals surface area (Å²) < 4.78 is 36.0. The SMILES string of the molecule is Cc1ccc(S(=O)(=O)O)cc1.Clc1ncc(OC[C@H]2CCNC2)cc1Br. The molecule has 1 aliphatic heterocycles. The Morgan fingerprint density at radius 3 is 2.62 bits per heavy atom. The smallest absolute Gasteiger partial charge is 0.294 e.